The second kappa shape index (κ2) is 5.33. The van der Waals surface area contributed by atoms with E-state index in [-0.39, 0.29) is 12.1 Å². The molecule has 2 N–H and O–H groups in total. The number of fused-ring (bicyclic) bond motifs is 1. The predicted octanol–water partition coefficient (Wildman–Crippen LogP) is 1.63. The SMILES string of the molecule is CC(C)(N)CCCN1CCn2c(nnc2C(F)(F)F)C1. The number of hydrogen-bond donors (Lipinski definition) is 1. The Morgan fingerprint density at radius 1 is 1.20 bits per heavy atom. The van der Waals surface area contributed by atoms with Gasteiger partial charge in [0, 0.05) is 18.6 Å². The van der Waals surface area contributed by atoms with Gasteiger partial charge in [-0.2, -0.15) is 13.2 Å². The largest absolute Gasteiger partial charge is 0.451 e. The first kappa shape index (κ1) is 15.2. The van der Waals surface area contributed by atoms with Gasteiger partial charge in [0.2, 0.25) is 5.82 Å². The summed E-state index contributed by atoms with van der Waals surface area (Å²) in [6.45, 7) is 6.02. The molecule has 0 fully saturated rings. The lowest BCUT2D eigenvalue weighted by Crippen LogP contribution is -2.37. The zero-order valence-corrected chi connectivity index (χ0v) is 11.7. The maximum atomic E-state index is 12.7. The molecule has 0 aliphatic carbocycles. The summed E-state index contributed by atoms with van der Waals surface area (Å²) in [6.07, 6.45) is -2.63. The summed E-state index contributed by atoms with van der Waals surface area (Å²) in [6, 6.07) is 0. The molecule has 1 aliphatic heterocycles. The van der Waals surface area contributed by atoms with Crippen molar-refractivity contribution >= 4 is 0 Å². The molecular weight excluding hydrogens is 271 g/mol. The maximum Gasteiger partial charge on any atom is 0.451 e. The molecule has 20 heavy (non-hydrogen) atoms. The summed E-state index contributed by atoms with van der Waals surface area (Å²) >= 11 is 0. The fraction of sp³-hybridized carbons (Fsp3) is 0.833. The highest BCUT2D eigenvalue weighted by Crippen LogP contribution is 2.29. The Hall–Kier alpha value is -1.15. The first-order chi connectivity index (χ1) is 9.17. The molecule has 1 aliphatic rings. The molecular formula is C12H20F3N5. The number of aromatic nitrogens is 3. The van der Waals surface area contributed by atoms with E-state index in [1.54, 1.807) is 0 Å². The Balaban J connectivity index is 1.94. The summed E-state index contributed by atoms with van der Waals surface area (Å²) < 4.78 is 39.2. The molecule has 2 heterocycles. The average Bonchev–Trinajstić information content (AvgIpc) is 2.69. The second-order valence-corrected chi connectivity index (χ2v) is 5.96. The fourth-order valence-electron chi connectivity index (χ4n) is 2.37. The summed E-state index contributed by atoms with van der Waals surface area (Å²) in [5, 5.41) is 6.92. The molecule has 0 bridgehead atoms. The van der Waals surface area contributed by atoms with Gasteiger partial charge in [0.25, 0.3) is 0 Å². The lowest BCUT2D eigenvalue weighted by atomic mass is 10.00. The maximum absolute atomic E-state index is 12.7. The molecule has 114 valence electrons. The van der Waals surface area contributed by atoms with E-state index in [9.17, 15) is 13.2 Å². The van der Waals surface area contributed by atoms with Gasteiger partial charge in [-0.15, -0.1) is 10.2 Å². The van der Waals surface area contributed by atoms with Gasteiger partial charge in [0.1, 0.15) is 5.82 Å². The molecule has 0 amide bonds. The van der Waals surface area contributed by atoms with Crippen LogP contribution in [0.1, 0.15) is 38.3 Å². The van der Waals surface area contributed by atoms with Crippen LogP contribution in [0.15, 0.2) is 0 Å². The van der Waals surface area contributed by atoms with E-state index in [2.05, 4.69) is 15.1 Å². The van der Waals surface area contributed by atoms with Crippen molar-refractivity contribution in [2.24, 2.45) is 5.73 Å². The number of nitrogens with two attached hydrogens (primary N) is 1. The summed E-state index contributed by atoms with van der Waals surface area (Å²) in [5.41, 5.74) is 5.70. The molecule has 1 aromatic rings. The van der Waals surface area contributed by atoms with Crippen LogP contribution < -0.4 is 5.73 Å². The van der Waals surface area contributed by atoms with Gasteiger partial charge >= 0.3 is 6.18 Å². The van der Waals surface area contributed by atoms with Gasteiger partial charge in [-0.05, 0) is 33.2 Å². The van der Waals surface area contributed by atoms with Gasteiger partial charge in [-0.25, -0.2) is 0 Å². The minimum absolute atomic E-state index is 0.209. The predicted molar refractivity (Wildman–Crippen MR) is 67.8 cm³/mol. The Morgan fingerprint density at radius 3 is 2.50 bits per heavy atom. The zero-order valence-electron chi connectivity index (χ0n) is 11.7. The third-order valence-electron chi connectivity index (χ3n) is 3.38. The first-order valence-corrected chi connectivity index (χ1v) is 6.67. The van der Waals surface area contributed by atoms with Crippen LogP contribution in [0.2, 0.25) is 0 Å². The van der Waals surface area contributed by atoms with E-state index in [0.29, 0.717) is 18.9 Å². The van der Waals surface area contributed by atoms with Crippen molar-refractivity contribution in [2.75, 3.05) is 13.1 Å². The van der Waals surface area contributed by atoms with Gasteiger partial charge in [-0.3, -0.25) is 4.90 Å². The third kappa shape index (κ3) is 3.69. The van der Waals surface area contributed by atoms with Crippen LogP contribution in [-0.4, -0.2) is 38.3 Å². The number of halogens is 3. The summed E-state index contributed by atoms with van der Waals surface area (Å²) in [4.78, 5) is 2.09. The fourth-order valence-corrected chi connectivity index (χ4v) is 2.37. The highest BCUT2D eigenvalue weighted by Gasteiger charge is 2.39. The Kier molecular flexibility index (Phi) is 4.06. The van der Waals surface area contributed by atoms with Crippen molar-refractivity contribution in [3.8, 4) is 0 Å². The molecule has 0 saturated heterocycles. The van der Waals surface area contributed by atoms with Crippen LogP contribution in [0, 0.1) is 0 Å². The van der Waals surface area contributed by atoms with Crippen LogP contribution in [0.4, 0.5) is 13.2 Å². The van der Waals surface area contributed by atoms with E-state index in [1.165, 1.54) is 4.57 Å². The Bertz CT molecular complexity index is 461. The monoisotopic (exact) mass is 291 g/mol. The normalized spacial score (nSPS) is 17.3. The van der Waals surface area contributed by atoms with Crippen molar-refractivity contribution in [2.45, 2.75) is 51.5 Å². The smallest absolute Gasteiger partial charge is 0.326 e. The average molecular weight is 291 g/mol. The second-order valence-electron chi connectivity index (χ2n) is 5.96. The molecule has 8 heteroatoms. The van der Waals surface area contributed by atoms with Crippen molar-refractivity contribution in [3.63, 3.8) is 0 Å². The van der Waals surface area contributed by atoms with E-state index in [1.807, 2.05) is 13.8 Å². The van der Waals surface area contributed by atoms with Crippen LogP contribution in [0.5, 0.6) is 0 Å². The van der Waals surface area contributed by atoms with E-state index >= 15 is 0 Å². The quantitative estimate of drug-likeness (QED) is 0.916. The number of hydrogen-bond acceptors (Lipinski definition) is 4. The molecule has 5 nitrogen and oxygen atoms in total. The molecule has 0 atom stereocenters. The van der Waals surface area contributed by atoms with Gasteiger partial charge in [0.15, 0.2) is 0 Å². The van der Waals surface area contributed by atoms with E-state index in [0.717, 1.165) is 19.4 Å². The van der Waals surface area contributed by atoms with Crippen LogP contribution >= 0.6 is 0 Å². The van der Waals surface area contributed by atoms with Gasteiger partial charge in [0.05, 0.1) is 6.54 Å². The van der Waals surface area contributed by atoms with Crippen LogP contribution in [-0.2, 0) is 19.3 Å². The van der Waals surface area contributed by atoms with E-state index in [4.69, 9.17) is 5.73 Å². The third-order valence-corrected chi connectivity index (χ3v) is 3.38. The minimum Gasteiger partial charge on any atom is -0.326 e. The molecule has 0 saturated carbocycles. The van der Waals surface area contributed by atoms with Crippen molar-refractivity contribution in [1.29, 1.82) is 0 Å². The van der Waals surface area contributed by atoms with Crippen molar-refractivity contribution in [1.82, 2.24) is 19.7 Å². The lowest BCUT2D eigenvalue weighted by Gasteiger charge is -2.28. The van der Waals surface area contributed by atoms with Crippen LogP contribution in [0.3, 0.4) is 0 Å². The van der Waals surface area contributed by atoms with Gasteiger partial charge < -0.3 is 10.3 Å². The number of nitrogens with zero attached hydrogens (tertiary/aromatic N) is 4. The Morgan fingerprint density at radius 2 is 1.90 bits per heavy atom. The molecule has 0 unspecified atom stereocenters. The lowest BCUT2D eigenvalue weighted by molar-refractivity contribution is -0.148. The Labute approximate surface area is 115 Å². The highest BCUT2D eigenvalue weighted by molar-refractivity contribution is 5.02. The molecule has 1 aromatic heterocycles. The molecule has 0 aromatic carbocycles. The highest BCUT2D eigenvalue weighted by atomic mass is 19.4. The summed E-state index contributed by atoms with van der Waals surface area (Å²) in [7, 11) is 0. The minimum atomic E-state index is -4.43. The van der Waals surface area contributed by atoms with Crippen LogP contribution in [0.25, 0.3) is 0 Å². The van der Waals surface area contributed by atoms with E-state index < -0.39 is 12.0 Å². The molecule has 0 radical (unpaired) electrons. The summed E-state index contributed by atoms with van der Waals surface area (Å²) in [5.74, 6) is -0.508. The number of rotatable bonds is 4. The molecule has 0 spiro atoms. The first-order valence-electron chi connectivity index (χ1n) is 6.67. The number of alkyl halides is 3. The van der Waals surface area contributed by atoms with Gasteiger partial charge in [-0.1, -0.05) is 0 Å². The van der Waals surface area contributed by atoms with Crippen molar-refractivity contribution in [3.05, 3.63) is 11.6 Å². The standard InChI is InChI=1S/C12H20F3N5/c1-11(2,16)4-3-5-19-6-7-20-9(8-19)17-18-10(20)12(13,14)15/h3-8,16H2,1-2H3. The van der Waals surface area contributed by atoms with Crippen molar-refractivity contribution < 1.29 is 13.2 Å². The zero-order chi connectivity index (χ0) is 15.0. The molecule has 2 rings (SSSR count). The topological polar surface area (TPSA) is 60.0 Å².